The van der Waals surface area contributed by atoms with Crippen LogP contribution < -0.4 is 5.32 Å². The van der Waals surface area contributed by atoms with Crippen molar-refractivity contribution in [1.29, 1.82) is 0 Å². The van der Waals surface area contributed by atoms with Crippen LogP contribution in [0.2, 0.25) is 0 Å². The summed E-state index contributed by atoms with van der Waals surface area (Å²) >= 11 is 0. The van der Waals surface area contributed by atoms with Gasteiger partial charge in [0, 0.05) is 0 Å². The summed E-state index contributed by atoms with van der Waals surface area (Å²) in [5, 5.41) is 25.5. The van der Waals surface area contributed by atoms with Gasteiger partial charge < -0.3 is 10.4 Å². The lowest BCUT2D eigenvalue weighted by Gasteiger charge is -2.27. The fraction of sp³-hybridized carbons (Fsp3) is 0.571. The summed E-state index contributed by atoms with van der Waals surface area (Å²) < 4.78 is 1.70. The Labute approximate surface area is 176 Å². The number of carbonyl (C=O) groups excluding carboxylic acids is 2. The Morgan fingerprint density at radius 2 is 1.73 bits per heavy atom. The van der Waals surface area contributed by atoms with Gasteiger partial charge in [-0.1, -0.05) is 25.5 Å². The Bertz CT molecular complexity index is 869. The molecular weight excluding hydrogens is 384 g/mol. The second kappa shape index (κ2) is 9.01. The Hall–Kier alpha value is -2.65. The van der Waals surface area contributed by atoms with E-state index in [-0.39, 0.29) is 23.9 Å². The summed E-state index contributed by atoms with van der Waals surface area (Å²) in [6.45, 7) is 8.59. The van der Waals surface area contributed by atoms with Crippen molar-refractivity contribution in [2.24, 2.45) is 0 Å². The number of hydrogen-bond acceptors (Lipinski definition) is 7. The van der Waals surface area contributed by atoms with Crippen LogP contribution in [-0.2, 0) is 5.54 Å². The van der Waals surface area contributed by atoms with Gasteiger partial charge in [-0.3, -0.25) is 14.5 Å². The van der Waals surface area contributed by atoms with Crippen LogP contribution in [0.5, 0.6) is 0 Å². The van der Waals surface area contributed by atoms with Crippen molar-refractivity contribution in [3.63, 3.8) is 0 Å². The molecule has 2 amide bonds. The average Bonchev–Trinajstić information content (AvgIpc) is 3.27. The molecule has 3 rings (SSSR count). The summed E-state index contributed by atoms with van der Waals surface area (Å²) in [6, 6.07) is 6.36. The third kappa shape index (κ3) is 4.57. The molecule has 9 nitrogen and oxygen atoms in total. The summed E-state index contributed by atoms with van der Waals surface area (Å²) in [5.41, 5.74) is 0.452. The smallest absolute Gasteiger partial charge is 0.261 e. The molecule has 1 aromatic heterocycles. The van der Waals surface area contributed by atoms with Crippen LogP contribution in [-0.4, -0.2) is 61.2 Å². The quantitative estimate of drug-likeness (QED) is 0.603. The molecule has 0 fully saturated rings. The van der Waals surface area contributed by atoms with E-state index < -0.39 is 12.1 Å². The van der Waals surface area contributed by atoms with E-state index in [0.717, 1.165) is 12.8 Å². The zero-order valence-electron chi connectivity index (χ0n) is 18.0. The molecule has 1 aliphatic heterocycles. The van der Waals surface area contributed by atoms with Gasteiger partial charge in [-0.15, -0.1) is 5.10 Å². The largest absolute Gasteiger partial charge is 0.393 e. The Morgan fingerprint density at radius 1 is 1.10 bits per heavy atom. The zero-order valence-corrected chi connectivity index (χ0v) is 18.0. The van der Waals surface area contributed by atoms with Crippen LogP contribution in [0.3, 0.4) is 0 Å². The van der Waals surface area contributed by atoms with Crippen LogP contribution in [0.4, 0.5) is 0 Å². The highest BCUT2D eigenvalue weighted by Gasteiger charge is 2.38. The maximum absolute atomic E-state index is 12.8. The minimum atomic E-state index is -0.463. The number of fused-ring (bicyclic) bond motifs is 1. The van der Waals surface area contributed by atoms with Crippen molar-refractivity contribution in [1.82, 2.24) is 30.4 Å². The zero-order chi connectivity index (χ0) is 21.9. The third-order valence-electron chi connectivity index (χ3n) is 5.17. The summed E-state index contributed by atoms with van der Waals surface area (Å²) in [7, 11) is 0. The number of carbonyl (C=O) groups is 2. The predicted molar refractivity (Wildman–Crippen MR) is 111 cm³/mol. The normalized spacial score (nSPS) is 16.1. The number of aliphatic hydroxyl groups excluding tert-OH is 1. The molecule has 1 aromatic carbocycles. The Morgan fingerprint density at radius 3 is 2.30 bits per heavy atom. The molecule has 0 saturated heterocycles. The number of amides is 2. The molecule has 30 heavy (non-hydrogen) atoms. The summed E-state index contributed by atoms with van der Waals surface area (Å²) in [6.07, 6.45) is 1.79. The lowest BCUT2D eigenvalue weighted by atomic mass is 10.1. The van der Waals surface area contributed by atoms with Gasteiger partial charge in [-0.25, -0.2) is 4.68 Å². The molecule has 0 bridgehead atoms. The lowest BCUT2D eigenvalue weighted by molar-refractivity contribution is 0.0632. The molecule has 2 unspecified atom stereocenters. The van der Waals surface area contributed by atoms with Crippen LogP contribution in [0, 0.1) is 0 Å². The molecule has 1 aliphatic rings. The van der Waals surface area contributed by atoms with E-state index in [1.165, 1.54) is 4.90 Å². The fourth-order valence-electron chi connectivity index (χ4n) is 3.62. The van der Waals surface area contributed by atoms with Crippen molar-refractivity contribution < 1.29 is 14.7 Å². The SMILES string of the molecule is CCCC(O)CCNC(CN1C(=O)c2ccccc2C1=O)c1nnnn1C(C)(C)C. The first kappa shape index (κ1) is 22.0. The van der Waals surface area contributed by atoms with Crippen LogP contribution in [0.25, 0.3) is 0 Å². The number of imide groups is 1. The van der Waals surface area contributed by atoms with Gasteiger partial charge in [-0.2, -0.15) is 0 Å². The number of benzene rings is 1. The van der Waals surface area contributed by atoms with Crippen molar-refractivity contribution in [3.05, 3.63) is 41.2 Å². The fourth-order valence-corrected chi connectivity index (χ4v) is 3.62. The van der Waals surface area contributed by atoms with E-state index >= 15 is 0 Å². The second-order valence-corrected chi connectivity index (χ2v) is 8.62. The van der Waals surface area contributed by atoms with Crippen LogP contribution in [0.15, 0.2) is 24.3 Å². The molecule has 2 atom stereocenters. The molecule has 0 aliphatic carbocycles. The van der Waals surface area contributed by atoms with Crippen LogP contribution >= 0.6 is 0 Å². The number of aliphatic hydroxyl groups is 1. The maximum Gasteiger partial charge on any atom is 0.261 e. The van der Waals surface area contributed by atoms with Crippen molar-refractivity contribution in [2.45, 2.75) is 64.6 Å². The van der Waals surface area contributed by atoms with Crippen LogP contribution in [0.1, 0.15) is 79.5 Å². The predicted octanol–water partition coefficient (Wildman–Crippen LogP) is 1.91. The van der Waals surface area contributed by atoms with E-state index in [2.05, 4.69) is 20.8 Å². The van der Waals surface area contributed by atoms with Gasteiger partial charge in [0.2, 0.25) is 0 Å². The van der Waals surface area contributed by atoms with Crippen molar-refractivity contribution in [2.75, 3.05) is 13.1 Å². The molecule has 2 heterocycles. The summed E-state index contributed by atoms with van der Waals surface area (Å²) in [5.74, 6) is -0.0876. The van der Waals surface area contributed by atoms with Gasteiger partial charge in [0.15, 0.2) is 5.82 Å². The highest BCUT2D eigenvalue weighted by Crippen LogP contribution is 2.26. The van der Waals surface area contributed by atoms with E-state index in [1.54, 1.807) is 28.9 Å². The van der Waals surface area contributed by atoms with Gasteiger partial charge in [-0.05, 0) is 62.7 Å². The molecule has 0 spiro atoms. The Balaban J connectivity index is 1.83. The highest BCUT2D eigenvalue weighted by molar-refractivity contribution is 6.21. The molecule has 2 aromatic rings. The first-order valence-electron chi connectivity index (χ1n) is 10.4. The topological polar surface area (TPSA) is 113 Å². The van der Waals surface area contributed by atoms with Gasteiger partial charge in [0.1, 0.15) is 0 Å². The van der Waals surface area contributed by atoms with Crippen molar-refractivity contribution in [3.8, 4) is 0 Å². The van der Waals surface area contributed by atoms with Gasteiger partial charge in [0.05, 0.1) is 35.4 Å². The van der Waals surface area contributed by atoms with E-state index in [0.29, 0.717) is 29.9 Å². The molecular formula is C21H30N6O3. The van der Waals surface area contributed by atoms with Crippen molar-refractivity contribution >= 4 is 11.8 Å². The number of nitrogens with zero attached hydrogens (tertiary/aromatic N) is 5. The minimum absolute atomic E-state index is 0.104. The van der Waals surface area contributed by atoms with Gasteiger partial charge in [0.25, 0.3) is 11.8 Å². The maximum atomic E-state index is 12.8. The molecule has 2 N–H and O–H groups in total. The molecule has 0 saturated carbocycles. The number of tetrazole rings is 1. The number of rotatable bonds is 9. The molecule has 0 radical (unpaired) electrons. The second-order valence-electron chi connectivity index (χ2n) is 8.62. The van der Waals surface area contributed by atoms with E-state index in [9.17, 15) is 14.7 Å². The first-order chi connectivity index (χ1) is 14.2. The Kier molecular flexibility index (Phi) is 6.62. The number of aromatic nitrogens is 4. The van der Waals surface area contributed by atoms with Gasteiger partial charge >= 0.3 is 0 Å². The monoisotopic (exact) mass is 414 g/mol. The van der Waals surface area contributed by atoms with E-state index in [1.807, 2.05) is 27.7 Å². The number of nitrogens with one attached hydrogen (secondary N) is 1. The average molecular weight is 415 g/mol. The van der Waals surface area contributed by atoms with E-state index in [4.69, 9.17) is 0 Å². The lowest BCUT2D eigenvalue weighted by Crippen LogP contribution is -2.41. The third-order valence-corrected chi connectivity index (χ3v) is 5.17. The molecule has 9 heteroatoms. The summed E-state index contributed by atoms with van der Waals surface area (Å²) in [4.78, 5) is 26.9. The first-order valence-corrected chi connectivity index (χ1v) is 10.4. The number of hydrogen-bond donors (Lipinski definition) is 2. The molecule has 162 valence electrons. The highest BCUT2D eigenvalue weighted by atomic mass is 16.3. The standard InChI is InChI=1S/C21H30N6O3/c1-5-8-14(28)11-12-22-17(18-23-24-25-27(18)21(2,3)4)13-26-19(29)15-9-6-7-10-16(15)20(26)30/h6-7,9-10,14,17,22,28H,5,8,11-13H2,1-4H3. The minimum Gasteiger partial charge on any atom is -0.393 e.